The Morgan fingerprint density at radius 2 is 1.83 bits per heavy atom. The Kier molecular flexibility index (Phi) is 5.79. The smallest absolute Gasteiger partial charge is 0.165 e. The quantitative estimate of drug-likeness (QED) is 0.512. The van der Waals surface area contributed by atoms with Crippen molar-refractivity contribution in [3.8, 4) is 0 Å². The lowest BCUT2D eigenvalue weighted by Gasteiger charge is -2.39. The Morgan fingerprint density at radius 3 is 2.42 bits per heavy atom. The third-order valence-corrected chi connectivity index (χ3v) is 5.68. The highest BCUT2D eigenvalue weighted by molar-refractivity contribution is 5.98. The summed E-state index contributed by atoms with van der Waals surface area (Å²) < 4.78 is 0. The lowest BCUT2D eigenvalue weighted by molar-refractivity contribution is -0.126. The number of carbonyl (C=O) groups excluding carboxylic acids is 2. The first-order valence-electron chi connectivity index (χ1n) is 9.03. The van der Waals surface area contributed by atoms with Crippen molar-refractivity contribution >= 4 is 11.6 Å². The third-order valence-electron chi connectivity index (χ3n) is 5.68. The van der Waals surface area contributed by atoms with Gasteiger partial charge in [0.05, 0.1) is 0 Å². The molecule has 1 aromatic carbocycles. The minimum Gasteiger partial charge on any atom is -0.299 e. The second-order valence-electron chi connectivity index (χ2n) is 8.10. The van der Waals surface area contributed by atoms with Crippen LogP contribution in [0.3, 0.4) is 0 Å². The van der Waals surface area contributed by atoms with Crippen LogP contribution in [0.1, 0.15) is 63.7 Å². The summed E-state index contributed by atoms with van der Waals surface area (Å²) in [5, 5.41) is 0. The summed E-state index contributed by atoms with van der Waals surface area (Å²) in [6, 6.07) is 9.36. The Morgan fingerprint density at radius 1 is 1.21 bits per heavy atom. The molecule has 0 radical (unpaired) electrons. The van der Waals surface area contributed by atoms with Gasteiger partial charge in [-0.15, -0.1) is 0 Å². The van der Waals surface area contributed by atoms with Gasteiger partial charge in [-0.2, -0.15) is 0 Å². The van der Waals surface area contributed by atoms with Crippen molar-refractivity contribution in [3.05, 3.63) is 48.0 Å². The molecule has 1 fully saturated rings. The van der Waals surface area contributed by atoms with Gasteiger partial charge in [0.2, 0.25) is 0 Å². The molecule has 3 unspecified atom stereocenters. The minimum atomic E-state index is -0.156. The van der Waals surface area contributed by atoms with Crippen molar-refractivity contribution in [2.75, 3.05) is 0 Å². The fourth-order valence-electron chi connectivity index (χ4n) is 4.01. The van der Waals surface area contributed by atoms with E-state index in [1.807, 2.05) is 44.2 Å². The standard InChI is InChI=1S/C22H30O2/c1-15-10-9-13-22(4,5)20(15)19(23)14-16(2)17(3)21(24)18-11-7-6-8-12-18/h6-8,11-12,16-17,20H,1,9-10,13-14H2,2-5H3. The molecule has 0 spiro atoms. The first kappa shape index (κ1) is 18.6. The maximum atomic E-state index is 12.9. The van der Waals surface area contributed by atoms with E-state index in [-0.39, 0.29) is 34.7 Å². The lowest BCUT2D eigenvalue weighted by atomic mass is 9.64. The molecule has 2 heteroatoms. The molecule has 1 saturated carbocycles. The van der Waals surface area contributed by atoms with Crippen molar-refractivity contribution in [1.82, 2.24) is 0 Å². The van der Waals surface area contributed by atoms with Crippen molar-refractivity contribution in [3.63, 3.8) is 0 Å². The molecule has 0 N–H and O–H groups in total. The number of hydrogen-bond donors (Lipinski definition) is 0. The third kappa shape index (κ3) is 4.03. The predicted molar refractivity (Wildman–Crippen MR) is 99.0 cm³/mol. The number of benzene rings is 1. The first-order chi connectivity index (χ1) is 11.2. The van der Waals surface area contributed by atoms with Crippen LogP contribution >= 0.6 is 0 Å². The molecule has 0 aliphatic heterocycles. The Labute approximate surface area is 146 Å². The van der Waals surface area contributed by atoms with Gasteiger partial charge in [0.1, 0.15) is 5.78 Å². The van der Waals surface area contributed by atoms with E-state index in [1.165, 1.54) is 0 Å². The molecule has 2 rings (SSSR count). The van der Waals surface area contributed by atoms with Gasteiger partial charge in [-0.25, -0.2) is 0 Å². The molecule has 1 aliphatic carbocycles. The van der Waals surface area contributed by atoms with Crippen LogP contribution in [0.5, 0.6) is 0 Å². The molecular formula is C22H30O2. The summed E-state index contributed by atoms with van der Waals surface area (Å²) in [6.45, 7) is 12.5. The van der Waals surface area contributed by atoms with E-state index in [9.17, 15) is 9.59 Å². The molecule has 0 aromatic heterocycles. The molecule has 24 heavy (non-hydrogen) atoms. The normalized spacial score (nSPS) is 22.7. The van der Waals surface area contributed by atoms with E-state index in [4.69, 9.17) is 0 Å². The van der Waals surface area contributed by atoms with Crippen LogP contribution in [0.4, 0.5) is 0 Å². The molecule has 1 aliphatic rings. The van der Waals surface area contributed by atoms with Crippen molar-refractivity contribution in [2.45, 2.75) is 53.4 Å². The Balaban J connectivity index is 2.05. The number of carbonyl (C=O) groups is 2. The van der Waals surface area contributed by atoms with Crippen molar-refractivity contribution in [1.29, 1.82) is 0 Å². The van der Waals surface area contributed by atoms with Gasteiger partial charge in [-0.3, -0.25) is 9.59 Å². The maximum absolute atomic E-state index is 12.9. The summed E-state index contributed by atoms with van der Waals surface area (Å²) >= 11 is 0. The summed E-state index contributed by atoms with van der Waals surface area (Å²) in [6.07, 6.45) is 3.59. The van der Waals surface area contributed by atoms with Gasteiger partial charge in [-0.05, 0) is 30.6 Å². The van der Waals surface area contributed by atoms with Gasteiger partial charge >= 0.3 is 0 Å². The molecule has 0 heterocycles. The van der Waals surface area contributed by atoms with Crippen LogP contribution in [0.25, 0.3) is 0 Å². The largest absolute Gasteiger partial charge is 0.299 e. The maximum Gasteiger partial charge on any atom is 0.165 e. The molecular weight excluding hydrogens is 296 g/mol. The predicted octanol–water partition coefficient (Wildman–Crippen LogP) is 5.48. The van der Waals surface area contributed by atoms with Gasteiger partial charge < -0.3 is 0 Å². The SMILES string of the molecule is C=C1CCCC(C)(C)C1C(=O)CC(C)C(C)C(=O)c1ccccc1. The van der Waals surface area contributed by atoms with E-state index >= 15 is 0 Å². The first-order valence-corrected chi connectivity index (χ1v) is 9.03. The molecule has 2 nitrogen and oxygen atoms in total. The summed E-state index contributed by atoms with van der Waals surface area (Å²) in [4.78, 5) is 25.5. The average Bonchev–Trinajstić information content (AvgIpc) is 2.53. The van der Waals surface area contributed by atoms with Gasteiger partial charge in [-0.1, -0.05) is 70.2 Å². The van der Waals surface area contributed by atoms with Gasteiger partial charge in [0.15, 0.2) is 5.78 Å². The number of allylic oxidation sites excluding steroid dienone is 1. The van der Waals surface area contributed by atoms with Crippen LogP contribution in [0.2, 0.25) is 0 Å². The molecule has 3 atom stereocenters. The zero-order valence-corrected chi connectivity index (χ0v) is 15.5. The van der Waals surface area contributed by atoms with Crippen LogP contribution < -0.4 is 0 Å². The van der Waals surface area contributed by atoms with Crippen molar-refractivity contribution in [2.24, 2.45) is 23.2 Å². The van der Waals surface area contributed by atoms with Crippen molar-refractivity contribution < 1.29 is 9.59 Å². The second kappa shape index (κ2) is 7.46. The fourth-order valence-corrected chi connectivity index (χ4v) is 4.01. The zero-order chi connectivity index (χ0) is 17.9. The molecule has 0 saturated heterocycles. The van der Waals surface area contributed by atoms with E-state index in [0.29, 0.717) is 6.42 Å². The fraction of sp³-hybridized carbons (Fsp3) is 0.545. The molecule has 130 valence electrons. The average molecular weight is 326 g/mol. The number of hydrogen-bond acceptors (Lipinski definition) is 2. The second-order valence-corrected chi connectivity index (χ2v) is 8.10. The number of rotatable bonds is 6. The van der Waals surface area contributed by atoms with Crippen LogP contribution in [-0.4, -0.2) is 11.6 Å². The summed E-state index contributed by atoms with van der Waals surface area (Å²) in [5.41, 5.74) is 1.79. The van der Waals surface area contributed by atoms with E-state index in [2.05, 4.69) is 20.4 Å². The van der Waals surface area contributed by atoms with Crippen LogP contribution in [0.15, 0.2) is 42.5 Å². The lowest BCUT2D eigenvalue weighted by Crippen LogP contribution is -2.37. The number of ketones is 2. The monoisotopic (exact) mass is 326 g/mol. The van der Waals surface area contributed by atoms with Gasteiger partial charge in [0.25, 0.3) is 0 Å². The molecule has 0 bridgehead atoms. The highest BCUT2D eigenvalue weighted by Gasteiger charge is 2.40. The van der Waals surface area contributed by atoms with Crippen LogP contribution in [-0.2, 0) is 4.79 Å². The Hall–Kier alpha value is -1.70. The highest BCUT2D eigenvalue weighted by atomic mass is 16.1. The summed E-state index contributed by atoms with van der Waals surface area (Å²) in [7, 11) is 0. The minimum absolute atomic E-state index is 0.0151. The topological polar surface area (TPSA) is 34.1 Å². The molecule has 1 aromatic rings. The van der Waals surface area contributed by atoms with E-state index in [1.54, 1.807) is 0 Å². The number of Topliss-reactive ketones (excluding diaryl/α,β-unsaturated/α-hetero) is 2. The summed E-state index contributed by atoms with van der Waals surface area (Å²) in [5.74, 6) is 0.197. The molecule has 0 amide bonds. The Bertz CT molecular complexity index is 612. The van der Waals surface area contributed by atoms with Gasteiger partial charge in [0, 0.05) is 23.8 Å². The zero-order valence-electron chi connectivity index (χ0n) is 15.5. The highest BCUT2D eigenvalue weighted by Crippen LogP contribution is 2.44. The van der Waals surface area contributed by atoms with E-state index in [0.717, 1.165) is 30.4 Å². The van der Waals surface area contributed by atoms with E-state index < -0.39 is 0 Å². The van der Waals surface area contributed by atoms with Crippen LogP contribution in [0, 0.1) is 23.2 Å².